The molecule has 9 heteroatoms. The number of esters is 1. The molecule has 2 aromatic carbocycles. The third kappa shape index (κ3) is 4.08. The van der Waals surface area contributed by atoms with Gasteiger partial charge in [0.05, 0.1) is 24.2 Å². The molecule has 0 bridgehead atoms. The van der Waals surface area contributed by atoms with Crippen LogP contribution in [0, 0.1) is 6.92 Å². The van der Waals surface area contributed by atoms with E-state index in [0.717, 1.165) is 16.4 Å². The van der Waals surface area contributed by atoms with E-state index in [4.69, 9.17) is 13.9 Å². The van der Waals surface area contributed by atoms with Gasteiger partial charge in [-0.2, -0.15) is 0 Å². The predicted octanol–water partition coefficient (Wildman–Crippen LogP) is 5.22. The van der Waals surface area contributed by atoms with E-state index in [9.17, 15) is 9.59 Å². The van der Waals surface area contributed by atoms with Crippen molar-refractivity contribution in [3.63, 3.8) is 0 Å². The standard InChI is InChI=1S/C25H19N3O5S/c1-14-23(34-24(27-14)17-8-5-6-10-26-17)25(30)32-13-22(29)28-18-12-20-16(11-21(18)31-2)15-7-3-4-9-19(15)33-20/h3-12H,13H2,1-2H3,(H,28,29). The molecule has 0 fully saturated rings. The van der Waals surface area contributed by atoms with Crippen LogP contribution in [0.3, 0.4) is 0 Å². The van der Waals surface area contributed by atoms with Gasteiger partial charge >= 0.3 is 5.97 Å². The van der Waals surface area contributed by atoms with Crippen molar-refractivity contribution < 1.29 is 23.5 Å². The number of hydrogen-bond donors (Lipinski definition) is 1. The first kappa shape index (κ1) is 21.6. The van der Waals surface area contributed by atoms with Crippen LogP contribution in [0.1, 0.15) is 15.4 Å². The van der Waals surface area contributed by atoms with Gasteiger partial charge in [-0.15, -0.1) is 11.3 Å². The fourth-order valence-corrected chi connectivity index (χ4v) is 4.52. The van der Waals surface area contributed by atoms with Crippen molar-refractivity contribution in [3.8, 4) is 16.5 Å². The molecule has 0 aliphatic heterocycles. The zero-order chi connectivity index (χ0) is 23.7. The maximum Gasteiger partial charge on any atom is 0.350 e. The molecule has 0 saturated heterocycles. The summed E-state index contributed by atoms with van der Waals surface area (Å²) < 4.78 is 16.6. The lowest BCUT2D eigenvalue weighted by atomic mass is 10.1. The molecular formula is C25H19N3O5S. The zero-order valence-electron chi connectivity index (χ0n) is 18.3. The van der Waals surface area contributed by atoms with Gasteiger partial charge in [0.2, 0.25) is 0 Å². The first-order valence-electron chi connectivity index (χ1n) is 10.4. The molecule has 0 atom stereocenters. The first-order valence-corrected chi connectivity index (χ1v) is 11.2. The number of methoxy groups -OCH3 is 1. The monoisotopic (exact) mass is 473 g/mol. The van der Waals surface area contributed by atoms with Gasteiger partial charge in [0.25, 0.3) is 5.91 Å². The van der Waals surface area contributed by atoms with Crippen LogP contribution >= 0.6 is 11.3 Å². The minimum atomic E-state index is -0.618. The molecule has 0 unspecified atom stereocenters. The number of aryl methyl sites for hydroxylation is 1. The molecule has 0 spiro atoms. The lowest BCUT2D eigenvalue weighted by molar-refractivity contribution is -0.119. The average molecular weight is 474 g/mol. The molecule has 0 aliphatic carbocycles. The summed E-state index contributed by atoms with van der Waals surface area (Å²) in [4.78, 5) is 34.1. The molecule has 170 valence electrons. The van der Waals surface area contributed by atoms with E-state index in [1.54, 1.807) is 25.3 Å². The Morgan fingerprint density at radius 2 is 1.88 bits per heavy atom. The van der Waals surface area contributed by atoms with E-state index >= 15 is 0 Å². The van der Waals surface area contributed by atoms with Crippen molar-refractivity contribution in [1.29, 1.82) is 0 Å². The number of carbonyl (C=O) groups is 2. The van der Waals surface area contributed by atoms with Gasteiger partial charge in [-0.05, 0) is 31.2 Å². The van der Waals surface area contributed by atoms with E-state index < -0.39 is 18.5 Å². The smallest absolute Gasteiger partial charge is 0.350 e. The first-order chi connectivity index (χ1) is 16.5. The topological polar surface area (TPSA) is 104 Å². The summed E-state index contributed by atoms with van der Waals surface area (Å²) in [5, 5.41) is 5.16. The highest BCUT2D eigenvalue weighted by Gasteiger charge is 2.20. The zero-order valence-corrected chi connectivity index (χ0v) is 19.1. The fraction of sp³-hybridized carbons (Fsp3) is 0.120. The van der Waals surface area contributed by atoms with Gasteiger partial charge in [-0.3, -0.25) is 9.78 Å². The number of pyridine rings is 1. The normalized spacial score (nSPS) is 11.0. The van der Waals surface area contributed by atoms with Crippen LogP contribution < -0.4 is 10.1 Å². The van der Waals surface area contributed by atoms with Crippen LogP contribution in [0.15, 0.2) is 65.2 Å². The number of nitrogens with zero attached hydrogens (tertiary/aromatic N) is 2. The number of fused-ring (bicyclic) bond motifs is 3. The third-order valence-electron chi connectivity index (χ3n) is 5.17. The van der Waals surface area contributed by atoms with Gasteiger partial charge in [-0.25, -0.2) is 9.78 Å². The Kier molecular flexibility index (Phi) is 5.69. The Morgan fingerprint density at radius 1 is 1.06 bits per heavy atom. The quantitative estimate of drug-likeness (QED) is 0.337. The van der Waals surface area contributed by atoms with Crippen LogP contribution in [0.4, 0.5) is 5.69 Å². The van der Waals surface area contributed by atoms with Gasteiger partial charge in [0.1, 0.15) is 26.8 Å². The van der Waals surface area contributed by atoms with E-state index in [1.165, 1.54) is 18.4 Å². The van der Waals surface area contributed by atoms with Crippen molar-refractivity contribution in [2.45, 2.75) is 6.92 Å². The second-order valence-corrected chi connectivity index (χ2v) is 8.42. The Morgan fingerprint density at radius 3 is 2.68 bits per heavy atom. The molecule has 0 aliphatic rings. The highest BCUT2D eigenvalue weighted by Crippen LogP contribution is 2.36. The molecule has 1 N–H and O–H groups in total. The van der Waals surface area contributed by atoms with E-state index in [0.29, 0.717) is 38.3 Å². The van der Waals surface area contributed by atoms with Crippen molar-refractivity contribution in [2.24, 2.45) is 0 Å². The van der Waals surface area contributed by atoms with Crippen LogP contribution in [-0.4, -0.2) is 35.6 Å². The third-order valence-corrected chi connectivity index (χ3v) is 6.33. The number of aromatic nitrogens is 2. The van der Waals surface area contributed by atoms with Crippen molar-refractivity contribution in [3.05, 3.63) is 71.4 Å². The fourth-order valence-electron chi connectivity index (χ4n) is 3.59. The lowest BCUT2D eigenvalue weighted by Gasteiger charge is -2.10. The minimum Gasteiger partial charge on any atom is -0.495 e. The highest BCUT2D eigenvalue weighted by atomic mass is 32.1. The predicted molar refractivity (Wildman–Crippen MR) is 129 cm³/mol. The Hall–Kier alpha value is -4.24. The number of thiazole rings is 1. The highest BCUT2D eigenvalue weighted by molar-refractivity contribution is 7.17. The van der Waals surface area contributed by atoms with E-state index in [-0.39, 0.29) is 0 Å². The summed E-state index contributed by atoms with van der Waals surface area (Å²) in [6.45, 7) is 1.25. The minimum absolute atomic E-state index is 0.328. The maximum atomic E-state index is 12.6. The molecule has 0 radical (unpaired) electrons. The number of ether oxygens (including phenoxy) is 2. The molecule has 0 saturated carbocycles. The molecule has 3 aromatic heterocycles. The van der Waals surface area contributed by atoms with Crippen LogP contribution in [0.5, 0.6) is 5.75 Å². The van der Waals surface area contributed by atoms with Crippen LogP contribution in [-0.2, 0) is 9.53 Å². The summed E-state index contributed by atoms with van der Waals surface area (Å²) in [7, 11) is 1.52. The summed E-state index contributed by atoms with van der Waals surface area (Å²) >= 11 is 1.17. The van der Waals surface area contributed by atoms with Crippen molar-refractivity contribution >= 4 is 50.8 Å². The molecule has 8 nitrogen and oxygen atoms in total. The number of amides is 1. The van der Waals surface area contributed by atoms with E-state index in [2.05, 4.69) is 15.3 Å². The van der Waals surface area contributed by atoms with Crippen LogP contribution in [0.25, 0.3) is 32.6 Å². The van der Waals surface area contributed by atoms with Gasteiger partial charge in [0, 0.05) is 23.0 Å². The van der Waals surface area contributed by atoms with Gasteiger partial charge in [-0.1, -0.05) is 24.3 Å². The molecule has 1 amide bonds. The molecule has 5 aromatic rings. The molecule has 3 heterocycles. The second-order valence-electron chi connectivity index (χ2n) is 7.42. The number of anilines is 1. The molecule has 5 rings (SSSR count). The summed E-state index contributed by atoms with van der Waals surface area (Å²) in [6.07, 6.45) is 1.66. The Bertz CT molecular complexity index is 1520. The maximum absolute atomic E-state index is 12.6. The van der Waals surface area contributed by atoms with E-state index in [1.807, 2.05) is 42.5 Å². The number of furan rings is 1. The number of carbonyl (C=O) groups excluding carboxylic acids is 2. The van der Waals surface area contributed by atoms with Gasteiger partial charge < -0.3 is 19.2 Å². The Balaban J connectivity index is 1.29. The molecular weight excluding hydrogens is 454 g/mol. The number of para-hydroxylation sites is 1. The summed E-state index contributed by atoms with van der Waals surface area (Å²) in [6, 6.07) is 16.6. The largest absolute Gasteiger partial charge is 0.495 e. The number of hydrogen-bond acceptors (Lipinski definition) is 8. The lowest BCUT2D eigenvalue weighted by Crippen LogP contribution is -2.21. The molecule has 34 heavy (non-hydrogen) atoms. The number of rotatable bonds is 6. The second kappa shape index (κ2) is 8.95. The Labute approximate surface area is 198 Å². The number of nitrogens with one attached hydrogen (secondary N) is 1. The summed E-state index contributed by atoms with van der Waals surface area (Å²) in [5.41, 5.74) is 2.95. The van der Waals surface area contributed by atoms with Crippen molar-refractivity contribution in [2.75, 3.05) is 19.0 Å². The summed E-state index contributed by atoms with van der Waals surface area (Å²) in [5.74, 6) is -0.654. The van der Waals surface area contributed by atoms with Crippen molar-refractivity contribution in [1.82, 2.24) is 9.97 Å². The van der Waals surface area contributed by atoms with Crippen LogP contribution in [0.2, 0.25) is 0 Å². The SMILES string of the molecule is COc1cc2c(cc1NC(=O)COC(=O)c1sc(-c3ccccn3)nc1C)oc1ccccc12. The average Bonchev–Trinajstić information content (AvgIpc) is 3.42. The van der Waals surface area contributed by atoms with Gasteiger partial charge in [0.15, 0.2) is 6.61 Å². The number of benzene rings is 2.